The maximum Gasteiger partial charge on any atom is 0.255 e. The molecule has 3 N–H and O–H groups in total. The Kier molecular flexibility index (Phi) is 3.03. The van der Waals surface area contributed by atoms with Crippen LogP contribution < -0.4 is 5.14 Å². The number of rotatable bonds is 1. The summed E-state index contributed by atoms with van der Waals surface area (Å²) in [6.45, 7) is 1.65. The van der Waals surface area contributed by atoms with E-state index in [2.05, 4.69) is 9.97 Å². The number of aryl methyl sites for hydroxylation is 1. The molecule has 7 heteroatoms. The van der Waals surface area contributed by atoms with Crippen LogP contribution in [0.15, 0.2) is 11.2 Å². The van der Waals surface area contributed by atoms with Gasteiger partial charge in [0.05, 0.1) is 6.20 Å². The molecule has 0 aliphatic rings. The predicted octanol–water partition coefficient (Wildman–Crippen LogP) is -0.213. The summed E-state index contributed by atoms with van der Waals surface area (Å²) < 4.78 is 21.1. The molecule has 0 saturated carbocycles. The van der Waals surface area contributed by atoms with Gasteiger partial charge in [-0.05, 0) is 6.92 Å². The molecule has 0 aliphatic heterocycles. The number of aromatic amines is 1. The molecule has 0 atom stereocenters. The molecule has 64 valence electrons. The maximum atomic E-state index is 10.6. The summed E-state index contributed by atoms with van der Waals surface area (Å²) in [5.41, 5.74) is 0. The third-order valence-electron chi connectivity index (χ3n) is 0.986. The molecule has 0 bridgehead atoms. The summed E-state index contributed by atoms with van der Waals surface area (Å²) in [5, 5.41) is 4.72. The minimum absolute atomic E-state index is 0. The predicted molar refractivity (Wildman–Crippen MR) is 41.9 cm³/mol. The van der Waals surface area contributed by atoms with Crippen molar-refractivity contribution in [2.24, 2.45) is 5.14 Å². The van der Waals surface area contributed by atoms with E-state index in [9.17, 15) is 8.42 Å². The van der Waals surface area contributed by atoms with Gasteiger partial charge in [-0.1, -0.05) is 0 Å². The Morgan fingerprint density at radius 1 is 1.64 bits per heavy atom. The molecule has 1 aromatic heterocycles. The van der Waals surface area contributed by atoms with Crippen molar-refractivity contribution in [3.05, 3.63) is 12.0 Å². The number of hydrogen-bond acceptors (Lipinski definition) is 3. The monoisotopic (exact) mass is 197 g/mol. The molecule has 0 aromatic carbocycles. The van der Waals surface area contributed by atoms with E-state index in [-0.39, 0.29) is 17.4 Å². The van der Waals surface area contributed by atoms with Gasteiger partial charge < -0.3 is 4.98 Å². The second kappa shape index (κ2) is 3.21. The first kappa shape index (κ1) is 10.4. The normalized spacial score (nSPS) is 10.7. The number of nitrogens with zero attached hydrogens (tertiary/aromatic N) is 1. The average molecular weight is 198 g/mol. The average Bonchev–Trinajstić information content (AvgIpc) is 2.11. The number of imidazole rings is 1. The van der Waals surface area contributed by atoms with Crippen LogP contribution in [0.2, 0.25) is 0 Å². The van der Waals surface area contributed by atoms with E-state index in [1.807, 2.05) is 0 Å². The van der Waals surface area contributed by atoms with E-state index in [1.54, 1.807) is 6.92 Å². The van der Waals surface area contributed by atoms with Crippen LogP contribution in [0.4, 0.5) is 0 Å². The van der Waals surface area contributed by atoms with E-state index in [4.69, 9.17) is 5.14 Å². The third-order valence-corrected chi connectivity index (χ3v) is 1.81. The summed E-state index contributed by atoms with van der Waals surface area (Å²) in [6, 6.07) is 0. The fraction of sp³-hybridized carbons (Fsp3) is 0.250. The molecular weight excluding hydrogens is 190 g/mol. The van der Waals surface area contributed by atoms with Gasteiger partial charge in [0.1, 0.15) is 5.82 Å². The minimum atomic E-state index is -3.60. The number of aromatic nitrogens is 2. The largest absolute Gasteiger partial charge is 0.332 e. The van der Waals surface area contributed by atoms with Crippen molar-refractivity contribution >= 4 is 22.4 Å². The zero-order valence-corrected chi connectivity index (χ0v) is 7.37. The second-order valence-electron chi connectivity index (χ2n) is 1.88. The smallest absolute Gasteiger partial charge is 0.255 e. The van der Waals surface area contributed by atoms with Crippen LogP contribution in [-0.2, 0) is 10.0 Å². The molecule has 0 unspecified atom stereocenters. The van der Waals surface area contributed by atoms with Crippen LogP contribution in [0.1, 0.15) is 5.82 Å². The lowest BCUT2D eigenvalue weighted by Gasteiger charge is -1.87. The number of nitrogens with one attached hydrogen (secondary N) is 1. The highest BCUT2D eigenvalue weighted by molar-refractivity contribution is 7.89. The molecular formula is C4H8ClN3O2S. The van der Waals surface area contributed by atoms with Gasteiger partial charge in [0.25, 0.3) is 10.0 Å². The van der Waals surface area contributed by atoms with Crippen LogP contribution in [-0.4, -0.2) is 18.4 Å². The van der Waals surface area contributed by atoms with Gasteiger partial charge in [0.2, 0.25) is 0 Å². The first-order chi connectivity index (χ1) is 4.50. The molecule has 1 heterocycles. The Bertz CT molecular complexity index is 331. The van der Waals surface area contributed by atoms with Crippen LogP contribution in [0.5, 0.6) is 0 Å². The van der Waals surface area contributed by atoms with Crippen LogP contribution in [0, 0.1) is 6.92 Å². The van der Waals surface area contributed by atoms with Gasteiger partial charge in [-0.2, -0.15) is 0 Å². The highest BCUT2D eigenvalue weighted by Crippen LogP contribution is 2.00. The van der Waals surface area contributed by atoms with Gasteiger partial charge in [0.15, 0.2) is 5.03 Å². The topological polar surface area (TPSA) is 88.8 Å². The Balaban J connectivity index is 0.000001000. The molecule has 11 heavy (non-hydrogen) atoms. The fourth-order valence-electron chi connectivity index (χ4n) is 0.543. The summed E-state index contributed by atoms with van der Waals surface area (Å²) in [7, 11) is -3.60. The number of nitrogens with two attached hydrogens (primary N) is 1. The number of primary sulfonamides is 1. The molecule has 0 radical (unpaired) electrons. The molecule has 5 nitrogen and oxygen atoms in total. The van der Waals surface area contributed by atoms with Gasteiger partial charge in [-0.3, -0.25) is 0 Å². The van der Waals surface area contributed by atoms with E-state index in [0.717, 1.165) is 0 Å². The van der Waals surface area contributed by atoms with Crippen LogP contribution in [0.25, 0.3) is 0 Å². The van der Waals surface area contributed by atoms with Crippen molar-refractivity contribution in [3.63, 3.8) is 0 Å². The van der Waals surface area contributed by atoms with Crippen LogP contribution in [0.3, 0.4) is 0 Å². The SMILES string of the molecule is Cc1ncc(S(N)(=O)=O)[nH]1.Cl. The Morgan fingerprint density at radius 2 is 2.18 bits per heavy atom. The van der Waals surface area contributed by atoms with Gasteiger partial charge >= 0.3 is 0 Å². The lowest BCUT2D eigenvalue weighted by atomic mass is 10.8. The lowest BCUT2D eigenvalue weighted by Crippen LogP contribution is -2.12. The van der Waals surface area contributed by atoms with Crippen molar-refractivity contribution < 1.29 is 8.42 Å². The van der Waals surface area contributed by atoms with Crippen molar-refractivity contribution in [1.29, 1.82) is 0 Å². The van der Waals surface area contributed by atoms with Gasteiger partial charge in [-0.25, -0.2) is 18.5 Å². The number of hydrogen-bond donors (Lipinski definition) is 2. The Labute approximate surface area is 70.5 Å². The quantitative estimate of drug-likeness (QED) is 0.653. The highest BCUT2D eigenvalue weighted by Gasteiger charge is 2.08. The van der Waals surface area contributed by atoms with Crippen molar-refractivity contribution in [3.8, 4) is 0 Å². The molecule has 1 aromatic rings. The zero-order valence-electron chi connectivity index (χ0n) is 5.73. The van der Waals surface area contributed by atoms with Crippen molar-refractivity contribution in [1.82, 2.24) is 9.97 Å². The van der Waals surface area contributed by atoms with E-state index >= 15 is 0 Å². The third kappa shape index (κ3) is 2.49. The van der Waals surface area contributed by atoms with Gasteiger partial charge in [0, 0.05) is 0 Å². The lowest BCUT2D eigenvalue weighted by molar-refractivity contribution is 0.594. The van der Waals surface area contributed by atoms with E-state index < -0.39 is 10.0 Å². The van der Waals surface area contributed by atoms with E-state index in [0.29, 0.717) is 5.82 Å². The fourth-order valence-corrected chi connectivity index (χ4v) is 1.03. The summed E-state index contributed by atoms with van der Waals surface area (Å²) in [5.74, 6) is 0.532. The number of halogens is 1. The molecule has 0 saturated heterocycles. The van der Waals surface area contributed by atoms with Gasteiger partial charge in [-0.15, -0.1) is 12.4 Å². The first-order valence-corrected chi connectivity index (χ1v) is 4.09. The second-order valence-corrected chi connectivity index (χ2v) is 3.41. The van der Waals surface area contributed by atoms with Crippen molar-refractivity contribution in [2.45, 2.75) is 11.9 Å². The molecule has 0 aliphatic carbocycles. The summed E-state index contributed by atoms with van der Waals surface area (Å²) >= 11 is 0. The summed E-state index contributed by atoms with van der Waals surface area (Å²) in [6.07, 6.45) is 1.19. The summed E-state index contributed by atoms with van der Waals surface area (Å²) in [4.78, 5) is 6.16. The molecule has 0 fully saturated rings. The molecule has 0 spiro atoms. The van der Waals surface area contributed by atoms with Crippen molar-refractivity contribution in [2.75, 3.05) is 0 Å². The molecule has 0 amide bonds. The number of H-pyrrole nitrogens is 1. The highest BCUT2D eigenvalue weighted by atomic mass is 35.5. The van der Waals surface area contributed by atoms with E-state index in [1.165, 1.54) is 6.20 Å². The van der Waals surface area contributed by atoms with Crippen LogP contribution >= 0.6 is 12.4 Å². The number of sulfonamides is 1. The molecule has 1 rings (SSSR count). The Hall–Kier alpha value is -0.590. The standard InChI is InChI=1S/C4H7N3O2S.ClH/c1-3-6-2-4(7-3)10(5,8)9;/h2H,1H3,(H,6,7)(H2,5,8,9);1H. The minimum Gasteiger partial charge on any atom is -0.332 e. The zero-order chi connectivity index (χ0) is 7.78. The Morgan fingerprint density at radius 3 is 2.36 bits per heavy atom. The first-order valence-electron chi connectivity index (χ1n) is 2.54. The maximum absolute atomic E-state index is 10.6.